The number of benzene rings is 1. The van der Waals surface area contributed by atoms with E-state index in [1.54, 1.807) is 13.3 Å². The highest BCUT2D eigenvalue weighted by atomic mass is 16.5. The molecular weight excluding hydrogens is 240 g/mol. The molecule has 0 saturated carbocycles. The molecule has 4 nitrogen and oxygen atoms in total. The van der Waals surface area contributed by atoms with Crippen molar-refractivity contribution in [3.63, 3.8) is 0 Å². The van der Waals surface area contributed by atoms with Gasteiger partial charge in [-0.05, 0) is 36.8 Å². The topological polar surface area (TPSA) is 43.4 Å². The Labute approximate surface area is 113 Å². The second-order valence-electron chi connectivity index (χ2n) is 4.15. The monoisotopic (exact) mass is 258 g/mol. The molecule has 0 aliphatic rings. The van der Waals surface area contributed by atoms with E-state index in [9.17, 15) is 0 Å². The summed E-state index contributed by atoms with van der Waals surface area (Å²) in [5, 5.41) is 3.19. The summed E-state index contributed by atoms with van der Waals surface area (Å²) in [4.78, 5) is 4.22. The van der Waals surface area contributed by atoms with Crippen LogP contribution >= 0.6 is 0 Å². The number of methoxy groups -OCH3 is 1. The average molecular weight is 258 g/mol. The summed E-state index contributed by atoms with van der Waals surface area (Å²) >= 11 is 0. The van der Waals surface area contributed by atoms with Crippen molar-refractivity contribution in [1.29, 1.82) is 0 Å². The van der Waals surface area contributed by atoms with Gasteiger partial charge in [0.1, 0.15) is 12.4 Å². The van der Waals surface area contributed by atoms with Gasteiger partial charge in [0.05, 0.1) is 13.7 Å². The molecule has 1 N–H and O–H groups in total. The van der Waals surface area contributed by atoms with Gasteiger partial charge in [0.25, 0.3) is 0 Å². The highest BCUT2D eigenvalue weighted by Gasteiger charge is 2.01. The van der Waals surface area contributed by atoms with E-state index in [0.29, 0.717) is 13.2 Å². The van der Waals surface area contributed by atoms with Crippen molar-refractivity contribution >= 4 is 5.82 Å². The maximum Gasteiger partial charge on any atom is 0.168 e. The van der Waals surface area contributed by atoms with Gasteiger partial charge in [0.15, 0.2) is 11.6 Å². The maximum atomic E-state index is 5.65. The molecule has 0 amide bonds. The van der Waals surface area contributed by atoms with Gasteiger partial charge < -0.3 is 14.8 Å². The van der Waals surface area contributed by atoms with Gasteiger partial charge in [-0.1, -0.05) is 12.1 Å². The summed E-state index contributed by atoms with van der Waals surface area (Å²) in [6.07, 6.45) is 1.73. The number of pyridine rings is 1. The van der Waals surface area contributed by atoms with E-state index >= 15 is 0 Å². The lowest BCUT2D eigenvalue weighted by molar-refractivity contribution is 0.332. The van der Waals surface area contributed by atoms with Crippen molar-refractivity contribution < 1.29 is 9.47 Å². The fourth-order valence-corrected chi connectivity index (χ4v) is 1.73. The summed E-state index contributed by atoms with van der Waals surface area (Å²) in [5.74, 6) is 2.35. The van der Waals surface area contributed by atoms with Crippen LogP contribution in [0.5, 0.6) is 11.5 Å². The normalized spacial score (nSPS) is 10.0. The SMILES string of the molecule is COc1cccnc1NCCOc1cccc(C)c1. The quantitative estimate of drug-likeness (QED) is 0.809. The first-order chi connectivity index (χ1) is 9.29. The summed E-state index contributed by atoms with van der Waals surface area (Å²) in [5.41, 5.74) is 1.19. The van der Waals surface area contributed by atoms with Gasteiger partial charge in [-0.2, -0.15) is 0 Å². The molecule has 0 aliphatic heterocycles. The van der Waals surface area contributed by atoms with E-state index in [4.69, 9.17) is 9.47 Å². The van der Waals surface area contributed by atoms with Crippen LogP contribution in [0, 0.1) is 6.92 Å². The zero-order valence-corrected chi connectivity index (χ0v) is 11.2. The molecule has 0 fully saturated rings. The highest BCUT2D eigenvalue weighted by Crippen LogP contribution is 2.19. The summed E-state index contributed by atoms with van der Waals surface area (Å²) in [7, 11) is 1.63. The van der Waals surface area contributed by atoms with E-state index in [1.165, 1.54) is 5.56 Å². The standard InChI is InChI=1S/C15H18N2O2/c1-12-5-3-6-13(11-12)19-10-9-17-15-14(18-2)7-4-8-16-15/h3-8,11H,9-10H2,1-2H3,(H,16,17). The third-order valence-corrected chi connectivity index (χ3v) is 2.64. The van der Waals surface area contributed by atoms with Gasteiger partial charge in [-0.15, -0.1) is 0 Å². The molecule has 2 rings (SSSR count). The van der Waals surface area contributed by atoms with Gasteiger partial charge >= 0.3 is 0 Å². The maximum absolute atomic E-state index is 5.65. The van der Waals surface area contributed by atoms with Crippen molar-refractivity contribution in [2.45, 2.75) is 6.92 Å². The van der Waals surface area contributed by atoms with Crippen molar-refractivity contribution in [2.24, 2.45) is 0 Å². The third-order valence-electron chi connectivity index (χ3n) is 2.64. The molecule has 1 aromatic heterocycles. The minimum absolute atomic E-state index is 0.573. The van der Waals surface area contributed by atoms with E-state index in [-0.39, 0.29) is 0 Å². The Hall–Kier alpha value is -2.23. The van der Waals surface area contributed by atoms with E-state index in [2.05, 4.69) is 10.3 Å². The lowest BCUT2D eigenvalue weighted by Crippen LogP contribution is -2.13. The van der Waals surface area contributed by atoms with Crippen LogP contribution in [0.25, 0.3) is 0 Å². The summed E-state index contributed by atoms with van der Waals surface area (Å²) in [6, 6.07) is 11.7. The second-order valence-corrected chi connectivity index (χ2v) is 4.15. The molecule has 0 spiro atoms. The van der Waals surface area contributed by atoms with Crippen molar-refractivity contribution in [3.05, 3.63) is 48.2 Å². The fraction of sp³-hybridized carbons (Fsp3) is 0.267. The van der Waals surface area contributed by atoms with Crippen LogP contribution in [0.4, 0.5) is 5.82 Å². The summed E-state index contributed by atoms with van der Waals surface area (Å²) in [6.45, 7) is 3.29. The van der Waals surface area contributed by atoms with Crippen LogP contribution in [-0.2, 0) is 0 Å². The first-order valence-electron chi connectivity index (χ1n) is 6.22. The predicted molar refractivity (Wildman–Crippen MR) is 76.0 cm³/mol. The lowest BCUT2D eigenvalue weighted by Gasteiger charge is -2.10. The minimum Gasteiger partial charge on any atom is -0.493 e. The molecule has 0 aliphatic carbocycles. The zero-order chi connectivity index (χ0) is 13.5. The van der Waals surface area contributed by atoms with Crippen LogP contribution in [0.15, 0.2) is 42.6 Å². The number of aromatic nitrogens is 1. The number of anilines is 1. The van der Waals surface area contributed by atoms with E-state index in [1.807, 2.05) is 43.3 Å². The number of ether oxygens (including phenoxy) is 2. The molecule has 4 heteroatoms. The third kappa shape index (κ3) is 3.88. The highest BCUT2D eigenvalue weighted by molar-refractivity contribution is 5.49. The average Bonchev–Trinajstić information content (AvgIpc) is 2.44. The van der Waals surface area contributed by atoms with Crippen LogP contribution in [-0.4, -0.2) is 25.2 Å². The zero-order valence-electron chi connectivity index (χ0n) is 11.2. The molecule has 2 aromatic rings. The molecule has 100 valence electrons. The molecule has 1 aromatic carbocycles. The molecule has 19 heavy (non-hydrogen) atoms. The van der Waals surface area contributed by atoms with Crippen molar-refractivity contribution in [2.75, 3.05) is 25.6 Å². The second kappa shape index (κ2) is 6.64. The molecule has 0 unspecified atom stereocenters. The lowest BCUT2D eigenvalue weighted by atomic mass is 10.2. The molecule has 1 heterocycles. The Bertz CT molecular complexity index is 529. The van der Waals surface area contributed by atoms with Gasteiger partial charge in [-0.3, -0.25) is 0 Å². The van der Waals surface area contributed by atoms with Crippen molar-refractivity contribution in [3.8, 4) is 11.5 Å². The number of nitrogens with zero attached hydrogens (tertiary/aromatic N) is 1. The Morgan fingerprint density at radius 1 is 1.21 bits per heavy atom. The Morgan fingerprint density at radius 3 is 2.89 bits per heavy atom. The molecule has 0 saturated heterocycles. The smallest absolute Gasteiger partial charge is 0.168 e. The number of nitrogens with one attached hydrogen (secondary N) is 1. The van der Waals surface area contributed by atoms with Gasteiger partial charge in [-0.25, -0.2) is 4.98 Å². The minimum atomic E-state index is 0.573. The number of rotatable bonds is 6. The number of hydrogen-bond donors (Lipinski definition) is 1. The van der Waals surface area contributed by atoms with Crippen LogP contribution in [0.3, 0.4) is 0 Å². The van der Waals surface area contributed by atoms with Gasteiger partial charge in [0.2, 0.25) is 0 Å². The fourth-order valence-electron chi connectivity index (χ4n) is 1.73. The van der Waals surface area contributed by atoms with Crippen LogP contribution in [0.2, 0.25) is 0 Å². The Kier molecular flexibility index (Phi) is 4.61. The van der Waals surface area contributed by atoms with Gasteiger partial charge in [0, 0.05) is 6.20 Å². The molecule has 0 radical (unpaired) electrons. The molecule has 0 bridgehead atoms. The van der Waals surface area contributed by atoms with Crippen molar-refractivity contribution in [1.82, 2.24) is 4.98 Å². The molecule has 0 atom stereocenters. The van der Waals surface area contributed by atoms with Crippen LogP contribution in [0.1, 0.15) is 5.56 Å². The Morgan fingerprint density at radius 2 is 2.11 bits per heavy atom. The predicted octanol–water partition coefficient (Wildman–Crippen LogP) is 2.89. The largest absolute Gasteiger partial charge is 0.493 e. The first-order valence-corrected chi connectivity index (χ1v) is 6.22. The number of aryl methyl sites for hydroxylation is 1. The van der Waals surface area contributed by atoms with Crippen LogP contribution < -0.4 is 14.8 Å². The first kappa shape index (κ1) is 13.2. The number of hydrogen-bond acceptors (Lipinski definition) is 4. The Balaban J connectivity index is 1.81. The van der Waals surface area contributed by atoms with E-state index in [0.717, 1.165) is 17.3 Å². The summed E-state index contributed by atoms with van der Waals surface area (Å²) < 4.78 is 10.9. The molecular formula is C15H18N2O2. The van der Waals surface area contributed by atoms with E-state index < -0.39 is 0 Å².